The molecule has 1 N–H and O–H groups in total. The maximum atomic E-state index is 12.4. The molecule has 1 aromatic heterocycles. The number of aryl methyl sites for hydroxylation is 1. The average molecular weight is 457 g/mol. The van der Waals surface area contributed by atoms with Crippen LogP contribution in [0.15, 0.2) is 91.3 Å². The number of pyridine rings is 1. The Bertz CT molecular complexity index is 1040. The molecule has 3 rings (SSSR count). The lowest BCUT2D eigenvalue weighted by Gasteiger charge is -2.12. The minimum absolute atomic E-state index is 0.0976. The molecule has 1 heterocycles. The fraction of sp³-hybridized carbons (Fsp3) is 0.241. The molecule has 0 aliphatic carbocycles. The molecular weight excluding hydrogens is 424 g/mol. The van der Waals surface area contributed by atoms with Crippen LogP contribution < -0.4 is 14.8 Å². The van der Waals surface area contributed by atoms with E-state index in [-0.39, 0.29) is 11.9 Å². The van der Waals surface area contributed by atoms with Gasteiger partial charge in [-0.1, -0.05) is 42.5 Å². The van der Waals surface area contributed by atoms with Crippen LogP contribution in [-0.4, -0.2) is 31.2 Å². The highest BCUT2D eigenvalue weighted by molar-refractivity contribution is 5.89. The molecule has 5 heteroatoms. The van der Waals surface area contributed by atoms with Crippen LogP contribution in [0.2, 0.25) is 0 Å². The van der Waals surface area contributed by atoms with Crippen LogP contribution >= 0.6 is 0 Å². The lowest BCUT2D eigenvalue weighted by molar-refractivity contribution is -0.117. The predicted molar refractivity (Wildman–Crippen MR) is 137 cm³/mol. The zero-order valence-corrected chi connectivity index (χ0v) is 20.0. The lowest BCUT2D eigenvalue weighted by atomic mass is 9.97. The standard InChI is InChI=1S/C29H32N2O3/c1-22(7-4-8-23-9-6-20-30-21-23)31-29(32)11-5-10-28(24-12-16-26(33-2)17-13-24)25-14-18-27(34-3)19-15-25/h5-6,9-22H,4,7-8H2,1-3H3,(H,31,32)/t22-/m1/s1. The molecule has 5 nitrogen and oxygen atoms in total. The number of ether oxygens (including phenoxy) is 2. The molecule has 0 saturated heterocycles. The third-order valence-corrected chi connectivity index (χ3v) is 5.53. The molecule has 34 heavy (non-hydrogen) atoms. The second kappa shape index (κ2) is 13.0. The van der Waals surface area contributed by atoms with Crippen LogP contribution in [-0.2, 0) is 11.2 Å². The molecule has 0 saturated carbocycles. The summed E-state index contributed by atoms with van der Waals surface area (Å²) in [5, 5.41) is 3.05. The Balaban J connectivity index is 1.64. The monoisotopic (exact) mass is 456 g/mol. The number of carbonyl (C=O) groups is 1. The normalized spacial score (nSPS) is 11.6. The summed E-state index contributed by atoms with van der Waals surface area (Å²) in [5.41, 5.74) is 4.27. The van der Waals surface area contributed by atoms with Gasteiger partial charge in [0.2, 0.25) is 5.91 Å². The number of aromatic nitrogens is 1. The summed E-state index contributed by atoms with van der Waals surface area (Å²) in [7, 11) is 3.30. The smallest absolute Gasteiger partial charge is 0.244 e. The highest BCUT2D eigenvalue weighted by Gasteiger charge is 2.07. The number of allylic oxidation sites excluding steroid dienone is 2. The van der Waals surface area contributed by atoms with Gasteiger partial charge in [-0.2, -0.15) is 0 Å². The second-order valence-corrected chi connectivity index (χ2v) is 8.06. The number of hydrogen-bond acceptors (Lipinski definition) is 4. The van der Waals surface area contributed by atoms with E-state index in [9.17, 15) is 4.79 Å². The Labute approximate surface area is 202 Å². The van der Waals surface area contributed by atoms with E-state index in [1.54, 1.807) is 32.6 Å². The Morgan fingerprint density at radius 2 is 1.59 bits per heavy atom. The first-order valence-electron chi connectivity index (χ1n) is 11.5. The molecule has 0 aliphatic rings. The molecule has 3 aromatic rings. The first-order chi connectivity index (χ1) is 16.6. The molecule has 0 radical (unpaired) electrons. The van der Waals surface area contributed by atoms with Gasteiger partial charge >= 0.3 is 0 Å². The number of amides is 1. The van der Waals surface area contributed by atoms with Crippen LogP contribution in [0.1, 0.15) is 36.5 Å². The third kappa shape index (κ3) is 7.62. The number of rotatable bonds is 11. The largest absolute Gasteiger partial charge is 0.497 e. The molecule has 1 atom stereocenters. The van der Waals surface area contributed by atoms with Crippen molar-refractivity contribution in [3.05, 3.63) is 108 Å². The quantitative estimate of drug-likeness (QED) is 0.301. The summed E-state index contributed by atoms with van der Waals surface area (Å²) in [5.74, 6) is 1.49. The number of methoxy groups -OCH3 is 2. The number of nitrogens with one attached hydrogen (secondary N) is 1. The van der Waals surface area contributed by atoms with Crippen LogP contribution in [0, 0.1) is 0 Å². The number of hydrogen-bond donors (Lipinski definition) is 1. The van der Waals surface area contributed by atoms with E-state index in [0.717, 1.165) is 47.5 Å². The number of benzene rings is 2. The maximum absolute atomic E-state index is 12.4. The van der Waals surface area contributed by atoms with Crippen LogP contribution in [0.3, 0.4) is 0 Å². The zero-order chi connectivity index (χ0) is 24.2. The first-order valence-corrected chi connectivity index (χ1v) is 11.5. The lowest BCUT2D eigenvalue weighted by Crippen LogP contribution is -2.31. The maximum Gasteiger partial charge on any atom is 0.244 e. The van der Waals surface area contributed by atoms with Crippen molar-refractivity contribution in [1.29, 1.82) is 0 Å². The predicted octanol–water partition coefficient (Wildman–Crippen LogP) is 5.61. The second-order valence-electron chi connectivity index (χ2n) is 8.06. The Hall–Kier alpha value is -3.86. The van der Waals surface area contributed by atoms with Crippen molar-refractivity contribution >= 4 is 11.5 Å². The van der Waals surface area contributed by atoms with Crippen molar-refractivity contribution in [3.8, 4) is 11.5 Å². The van der Waals surface area contributed by atoms with Gasteiger partial charge in [0.25, 0.3) is 0 Å². The molecule has 1 amide bonds. The molecule has 176 valence electrons. The van der Waals surface area contributed by atoms with E-state index in [2.05, 4.69) is 16.4 Å². The van der Waals surface area contributed by atoms with Gasteiger partial charge in [0, 0.05) is 24.5 Å². The third-order valence-electron chi connectivity index (χ3n) is 5.53. The molecule has 0 spiro atoms. The molecule has 0 fully saturated rings. The fourth-order valence-corrected chi connectivity index (χ4v) is 3.65. The van der Waals surface area contributed by atoms with E-state index in [0.29, 0.717) is 0 Å². The van der Waals surface area contributed by atoms with Crippen LogP contribution in [0.4, 0.5) is 0 Å². The van der Waals surface area contributed by atoms with Gasteiger partial charge in [0.15, 0.2) is 0 Å². The van der Waals surface area contributed by atoms with E-state index in [1.165, 1.54) is 5.56 Å². The summed E-state index contributed by atoms with van der Waals surface area (Å²) in [6, 6.07) is 19.9. The van der Waals surface area contributed by atoms with Crippen LogP contribution in [0.25, 0.3) is 5.57 Å². The van der Waals surface area contributed by atoms with Crippen LogP contribution in [0.5, 0.6) is 11.5 Å². The molecule has 0 unspecified atom stereocenters. The molecular formula is C29H32N2O3. The van der Waals surface area contributed by atoms with Gasteiger partial charge in [0.05, 0.1) is 14.2 Å². The van der Waals surface area contributed by atoms with Crippen molar-refractivity contribution in [2.45, 2.75) is 32.2 Å². The molecule has 0 bridgehead atoms. The van der Waals surface area contributed by atoms with E-state index < -0.39 is 0 Å². The van der Waals surface area contributed by atoms with Crippen molar-refractivity contribution in [2.75, 3.05) is 14.2 Å². The summed E-state index contributed by atoms with van der Waals surface area (Å²) >= 11 is 0. The van der Waals surface area contributed by atoms with Crippen molar-refractivity contribution in [2.24, 2.45) is 0 Å². The summed E-state index contributed by atoms with van der Waals surface area (Å²) in [6.45, 7) is 2.03. The Morgan fingerprint density at radius 3 is 2.12 bits per heavy atom. The van der Waals surface area contributed by atoms with E-state index in [4.69, 9.17) is 9.47 Å². The Morgan fingerprint density at radius 1 is 0.971 bits per heavy atom. The van der Waals surface area contributed by atoms with Crippen molar-refractivity contribution in [3.63, 3.8) is 0 Å². The highest BCUT2D eigenvalue weighted by atomic mass is 16.5. The number of carbonyl (C=O) groups excluding carboxylic acids is 1. The van der Waals surface area contributed by atoms with Gasteiger partial charge in [-0.3, -0.25) is 9.78 Å². The minimum Gasteiger partial charge on any atom is -0.497 e. The summed E-state index contributed by atoms with van der Waals surface area (Å²) in [6.07, 6.45) is 11.9. The average Bonchev–Trinajstić information content (AvgIpc) is 2.87. The first kappa shape index (κ1) is 24.8. The molecule has 2 aromatic carbocycles. The van der Waals surface area contributed by atoms with Gasteiger partial charge in [-0.25, -0.2) is 0 Å². The fourth-order valence-electron chi connectivity index (χ4n) is 3.65. The van der Waals surface area contributed by atoms with Gasteiger partial charge < -0.3 is 14.8 Å². The highest BCUT2D eigenvalue weighted by Crippen LogP contribution is 2.27. The van der Waals surface area contributed by atoms with E-state index in [1.807, 2.05) is 73.8 Å². The summed E-state index contributed by atoms with van der Waals surface area (Å²) < 4.78 is 10.6. The van der Waals surface area contributed by atoms with Gasteiger partial charge in [-0.15, -0.1) is 0 Å². The van der Waals surface area contributed by atoms with Crippen molar-refractivity contribution in [1.82, 2.24) is 10.3 Å². The topological polar surface area (TPSA) is 60.5 Å². The SMILES string of the molecule is COc1ccc(C(=CC=CC(=O)N[C@H](C)CCCc2cccnc2)c2ccc(OC)cc2)cc1. The number of nitrogens with zero attached hydrogens (tertiary/aromatic N) is 1. The summed E-state index contributed by atoms with van der Waals surface area (Å²) in [4.78, 5) is 16.6. The van der Waals surface area contributed by atoms with E-state index >= 15 is 0 Å². The Kier molecular flexibility index (Phi) is 9.47. The van der Waals surface area contributed by atoms with Gasteiger partial charge in [-0.05, 0) is 78.8 Å². The van der Waals surface area contributed by atoms with Gasteiger partial charge in [0.1, 0.15) is 11.5 Å². The zero-order valence-electron chi connectivity index (χ0n) is 20.0. The molecule has 0 aliphatic heterocycles. The minimum atomic E-state index is -0.103. The van der Waals surface area contributed by atoms with Crippen molar-refractivity contribution < 1.29 is 14.3 Å².